The van der Waals surface area contributed by atoms with E-state index in [4.69, 9.17) is 5.11 Å². The summed E-state index contributed by atoms with van der Waals surface area (Å²) >= 11 is 0. The first-order valence-electron chi connectivity index (χ1n) is 7.13. The third-order valence-corrected chi connectivity index (χ3v) is 3.36. The van der Waals surface area contributed by atoms with Crippen LogP contribution in [-0.2, 0) is 12.8 Å². The van der Waals surface area contributed by atoms with Crippen LogP contribution in [0.5, 0.6) is 5.75 Å². The minimum absolute atomic E-state index is 0.0169. The summed E-state index contributed by atoms with van der Waals surface area (Å²) in [5.41, 5.74) is 2.44. The number of aryl methyl sites for hydroxylation is 1. The monoisotopic (exact) mass is 264 g/mol. The third-order valence-electron chi connectivity index (χ3n) is 3.36. The van der Waals surface area contributed by atoms with Gasteiger partial charge in [-0.3, -0.25) is 4.79 Å². The molecule has 0 saturated heterocycles. The third kappa shape index (κ3) is 4.06. The van der Waals surface area contributed by atoms with E-state index in [2.05, 4.69) is 6.92 Å². The fraction of sp³-hybridized carbons (Fsp3) is 0.562. The Morgan fingerprint density at radius 2 is 1.89 bits per heavy atom. The van der Waals surface area contributed by atoms with Crippen LogP contribution in [0.1, 0.15) is 61.0 Å². The van der Waals surface area contributed by atoms with Gasteiger partial charge in [-0.25, -0.2) is 0 Å². The quantitative estimate of drug-likeness (QED) is 0.559. The van der Waals surface area contributed by atoms with E-state index in [-0.39, 0.29) is 18.1 Å². The van der Waals surface area contributed by atoms with E-state index in [9.17, 15) is 9.90 Å². The van der Waals surface area contributed by atoms with Crippen LogP contribution in [0.15, 0.2) is 12.1 Å². The van der Waals surface area contributed by atoms with Crippen molar-refractivity contribution in [1.82, 2.24) is 0 Å². The lowest BCUT2D eigenvalue weighted by Crippen LogP contribution is -2.03. The molecule has 0 saturated carbocycles. The van der Waals surface area contributed by atoms with Gasteiger partial charge in [-0.05, 0) is 42.9 Å². The van der Waals surface area contributed by atoms with Crippen molar-refractivity contribution in [3.63, 3.8) is 0 Å². The normalized spacial score (nSPS) is 10.7. The molecular formula is C16H24O3. The Kier molecular flexibility index (Phi) is 6.57. The molecule has 2 N–H and O–H groups in total. The van der Waals surface area contributed by atoms with Crippen molar-refractivity contribution in [3.05, 3.63) is 28.8 Å². The molecule has 0 atom stereocenters. The van der Waals surface area contributed by atoms with Crippen molar-refractivity contribution >= 4 is 5.78 Å². The number of carbonyl (C=O) groups excluding carboxylic acids is 1. The second kappa shape index (κ2) is 7.95. The summed E-state index contributed by atoms with van der Waals surface area (Å²) in [6.07, 6.45) is 4.62. The molecule has 0 aliphatic heterocycles. The summed E-state index contributed by atoms with van der Waals surface area (Å²) in [6.45, 7) is 4.06. The lowest BCUT2D eigenvalue weighted by Gasteiger charge is -2.14. The van der Waals surface area contributed by atoms with Crippen molar-refractivity contribution in [2.24, 2.45) is 0 Å². The highest BCUT2D eigenvalue weighted by molar-refractivity contribution is 5.98. The Bertz CT molecular complexity index is 424. The Labute approximate surface area is 115 Å². The highest BCUT2D eigenvalue weighted by Gasteiger charge is 2.15. The van der Waals surface area contributed by atoms with Crippen LogP contribution in [0.2, 0.25) is 0 Å². The molecule has 0 radical (unpaired) electrons. The first-order chi connectivity index (χ1) is 9.15. The second-order valence-electron chi connectivity index (χ2n) is 4.81. The number of ketones is 1. The molecule has 19 heavy (non-hydrogen) atoms. The number of aliphatic hydroxyl groups is 1. The number of hydrogen-bond acceptors (Lipinski definition) is 3. The van der Waals surface area contributed by atoms with Gasteiger partial charge in [0.1, 0.15) is 5.75 Å². The number of phenols is 1. The number of phenolic OH excluding ortho intramolecular Hbond substituents is 1. The van der Waals surface area contributed by atoms with Crippen molar-refractivity contribution in [2.45, 2.75) is 52.4 Å². The smallest absolute Gasteiger partial charge is 0.166 e. The number of rotatable bonds is 8. The lowest BCUT2D eigenvalue weighted by atomic mass is 9.93. The van der Waals surface area contributed by atoms with E-state index in [1.54, 1.807) is 13.0 Å². The average molecular weight is 264 g/mol. The fourth-order valence-electron chi connectivity index (χ4n) is 2.28. The molecule has 0 unspecified atom stereocenters. The first-order valence-corrected chi connectivity index (χ1v) is 7.13. The van der Waals surface area contributed by atoms with Crippen molar-refractivity contribution in [3.8, 4) is 5.75 Å². The summed E-state index contributed by atoms with van der Waals surface area (Å²) in [6, 6.07) is 3.68. The number of benzene rings is 1. The predicted molar refractivity (Wildman–Crippen MR) is 76.7 cm³/mol. The maximum Gasteiger partial charge on any atom is 0.166 e. The summed E-state index contributed by atoms with van der Waals surface area (Å²) in [4.78, 5) is 11.8. The summed E-state index contributed by atoms with van der Waals surface area (Å²) in [5, 5.41) is 19.1. The van der Waals surface area contributed by atoms with Gasteiger partial charge in [0.25, 0.3) is 0 Å². The Hall–Kier alpha value is -1.35. The van der Waals surface area contributed by atoms with Gasteiger partial charge < -0.3 is 10.2 Å². The number of Topliss-reactive ketones (excluding diaryl/α,β-unsaturated/α-hetero) is 1. The largest absolute Gasteiger partial charge is 0.507 e. The molecule has 0 aliphatic rings. The van der Waals surface area contributed by atoms with Gasteiger partial charge in [0.15, 0.2) is 5.78 Å². The van der Waals surface area contributed by atoms with Crippen molar-refractivity contribution < 1.29 is 15.0 Å². The van der Waals surface area contributed by atoms with E-state index < -0.39 is 0 Å². The minimum atomic E-state index is -0.0169. The number of aliphatic hydroxyl groups excluding tert-OH is 1. The summed E-state index contributed by atoms with van der Waals surface area (Å²) < 4.78 is 0. The molecule has 0 heterocycles. The topological polar surface area (TPSA) is 57.5 Å². The fourth-order valence-corrected chi connectivity index (χ4v) is 2.28. The molecule has 1 rings (SSSR count). The Morgan fingerprint density at radius 1 is 1.16 bits per heavy atom. The van der Waals surface area contributed by atoms with Crippen LogP contribution in [0.3, 0.4) is 0 Å². The number of carbonyl (C=O) groups is 1. The molecule has 0 fully saturated rings. The molecule has 0 aliphatic carbocycles. The van der Waals surface area contributed by atoms with E-state index in [1.807, 2.05) is 6.07 Å². The molecule has 106 valence electrons. The second-order valence-corrected chi connectivity index (χ2v) is 4.81. The van der Waals surface area contributed by atoms with Crippen molar-refractivity contribution in [2.75, 3.05) is 6.61 Å². The highest BCUT2D eigenvalue weighted by Crippen LogP contribution is 2.29. The highest BCUT2D eigenvalue weighted by atomic mass is 16.3. The number of aromatic hydroxyl groups is 1. The van der Waals surface area contributed by atoms with Gasteiger partial charge in [-0.2, -0.15) is 0 Å². The van der Waals surface area contributed by atoms with Crippen LogP contribution in [0.4, 0.5) is 0 Å². The molecule has 1 aromatic carbocycles. The molecule has 0 aromatic heterocycles. The zero-order valence-electron chi connectivity index (χ0n) is 11.9. The SMILES string of the molecule is CCCc1c(CCCCO)ccc(C(=O)CC)c1O. The standard InChI is InChI=1S/C16H24O3/c1-3-7-13-12(8-5-6-11-17)9-10-14(16(13)19)15(18)4-2/h9-10,17,19H,3-8,11H2,1-2H3. The maximum absolute atomic E-state index is 11.8. The molecular weight excluding hydrogens is 240 g/mol. The van der Waals surface area contributed by atoms with Gasteiger partial charge >= 0.3 is 0 Å². The molecule has 1 aromatic rings. The molecule has 0 spiro atoms. The van der Waals surface area contributed by atoms with Gasteiger partial charge in [0, 0.05) is 13.0 Å². The van der Waals surface area contributed by atoms with Crippen LogP contribution < -0.4 is 0 Å². The minimum Gasteiger partial charge on any atom is -0.507 e. The molecule has 0 amide bonds. The van der Waals surface area contributed by atoms with Crippen LogP contribution in [0, 0.1) is 0 Å². The Balaban J connectivity index is 3.04. The average Bonchev–Trinajstić information content (AvgIpc) is 2.42. The van der Waals surface area contributed by atoms with E-state index in [1.165, 1.54) is 0 Å². The van der Waals surface area contributed by atoms with Gasteiger partial charge in [0.05, 0.1) is 5.56 Å². The van der Waals surface area contributed by atoms with Crippen molar-refractivity contribution in [1.29, 1.82) is 0 Å². The Morgan fingerprint density at radius 3 is 2.47 bits per heavy atom. The zero-order valence-corrected chi connectivity index (χ0v) is 11.9. The number of unbranched alkanes of at least 4 members (excludes halogenated alkanes) is 1. The molecule has 3 nitrogen and oxygen atoms in total. The zero-order chi connectivity index (χ0) is 14.3. The van der Waals surface area contributed by atoms with Crippen LogP contribution in [-0.4, -0.2) is 22.6 Å². The predicted octanol–water partition coefficient (Wildman–Crippen LogP) is 3.25. The van der Waals surface area contributed by atoms with Gasteiger partial charge in [-0.15, -0.1) is 0 Å². The molecule has 0 bridgehead atoms. The summed E-state index contributed by atoms with van der Waals surface area (Å²) in [5.74, 6) is 0.145. The lowest BCUT2D eigenvalue weighted by molar-refractivity contribution is 0.0985. The maximum atomic E-state index is 11.8. The van der Waals surface area contributed by atoms with Gasteiger partial charge in [0.2, 0.25) is 0 Å². The first kappa shape index (κ1) is 15.7. The van der Waals surface area contributed by atoms with E-state index >= 15 is 0 Å². The van der Waals surface area contributed by atoms with E-state index in [0.29, 0.717) is 12.0 Å². The van der Waals surface area contributed by atoms with Crippen LogP contribution >= 0.6 is 0 Å². The van der Waals surface area contributed by atoms with Gasteiger partial charge in [-0.1, -0.05) is 26.3 Å². The summed E-state index contributed by atoms with van der Waals surface area (Å²) in [7, 11) is 0. The number of hydrogen-bond donors (Lipinski definition) is 2. The van der Waals surface area contributed by atoms with Crippen LogP contribution in [0.25, 0.3) is 0 Å². The van der Waals surface area contributed by atoms with E-state index in [0.717, 1.165) is 43.2 Å². The molecule has 3 heteroatoms.